The van der Waals surface area contributed by atoms with Crippen molar-refractivity contribution in [1.82, 2.24) is 0 Å². The maximum absolute atomic E-state index is 10.8. The predicted octanol–water partition coefficient (Wildman–Crippen LogP) is 0.439. The molecule has 8 heteroatoms. The van der Waals surface area contributed by atoms with E-state index in [0.29, 0.717) is 0 Å². The van der Waals surface area contributed by atoms with Crippen LogP contribution in [0.15, 0.2) is 18.2 Å². The van der Waals surface area contributed by atoms with Crippen molar-refractivity contribution < 1.29 is 24.7 Å². The molecule has 0 fully saturated rings. The summed E-state index contributed by atoms with van der Waals surface area (Å²) in [7, 11) is 1.29. The molecule has 0 aromatic heterocycles. The van der Waals surface area contributed by atoms with E-state index in [1.807, 2.05) is 0 Å². The Hall–Kier alpha value is -2.19. The number of hydrogen-bond acceptors (Lipinski definition) is 6. The highest BCUT2D eigenvalue weighted by Crippen LogP contribution is 2.30. The van der Waals surface area contributed by atoms with Crippen LogP contribution < -0.4 is 10.5 Å². The van der Waals surface area contributed by atoms with Crippen molar-refractivity contribution in [3.8, 4) is 5.75 Å². The first-order chi connectivity index (χ1) is 8.86. The number of aliphatic hydroxyl groups is 1. The van der Waals surface area contributed by atoms with Crippen molar-refractivity contribution in [2.45, 2.75) is 18.6 Å². The van der Waals surface area contributed by atoms with Crippen molar-refractivity contribution in [2.24, 2.45) is 5.73 Å². The molecule has 4 N–H and O–H groups in total. The first-order valence-corrected chi connectivity index (χ1v) is 5.34. The maximum Gasteiger partial charge on any atom is 0.311 e. The third-order valence-corrected chi connectivity index (χ3v) is 2.56. The average Bonchev–Trinajstić information content (AvgIpc) is 2.36. The normalized spacial score (nSPS) is 13.6. The molecule has 8 nitrogen and oxygen atoms in total. The summed E-state index contributed by atoms with van der Waals surface area (Å²) in [5.74, 6) is -1.11. The van der Waals surface area contributed by atoms with Gasteiger partial charge < -0.3 is 20.7 Å². The number of nitrogens with two attached hydrogens (primary N) is 1. The number of aliphatic carboxylic acids is 1. The molecule has 0 bridgehead atoms. The van der Waals surface area contributed by atoms with Crippen molar-refractivity contribution in [3.63, 3.8) is 0 Å². The lowest BCUT2D eigenvalue weighted by atomic mass is 10.00. The zero-order valence-electron chi connectivity index (χ0n) is 10.1. The predicted molar refractivity (Wildman–Crippen MR) is 64.8 cm³/mol. The standard InChI is InChI=1S/C11H14N2O6/c1-19-9-3-2-6(4-8(9)13(17)18)11(16)7(12)5-10(14)15/h2-4,7,11,16H,5,12H2,1H3,(H,14,15). The fraction of sp³-hybridized carbons (Fsp3) is 0.364. The van der Waals surface area contributed by atoms with Crippen LogP contribution in [0.1, 0.15) is 18.1 Å². The summed E-state index contributed by atoms with van der Waals surface area (Å²) in [6, 6.07) is 2.79. The highest BCUT2D eigenvalue weighted by molar-refractivity contribution is 5.67. The van der Waals surface area contributed by atoms with E-state index in [-0.39, 0.29) is 17.0 Å². The Balaban J connectivity index is 3.04. The lowest BCUT2D eigenvalue weighted by Gasteiger charge is -2.17. The molecule has 1 rings (SSSR count). The van der Waals surface area contributed by atoms with Crippen LogP contribution in [-0.4, -0.2) is 34.3 Å². The molecule has 1 aromatic rings. The Morgan fingerprint density at radius 2 is 2.21 bits per heavy atom. The molecule has 0 aliphatic rings. The van der Waals surface area contributed by atoms with Gasteiger partial charge in [0.05, 0.1) is 24.6 Å². The summed E-state index contributed by atoms with van der Waals surface area (Å²) in [4.78, 5) is 20.7. The quantitative estimate of drug-likeness (QED) is 0.503. The number of carbonyl (C=O) groups is 1. The first kappa shape index (κ1) is 14.9. The Morgan fingerprint density at radius 3 is 2.68 bits per heavy atom. The van der Waals surface area contributed by atoms with Crippen molar-refractivity contribution in [3.05, 3.63) is 33.9 Å². The van der Waals surface area contributed by atoms with Crippen LogP contribution >= 0.6 is 0 Å². The fourth-order valence-electron chi connectivity index (χ4n) is 1.59. The van der Waals surface area contributed by atoms with E-state index in [1.54, 1.807) is 0 Å². The minimum absolute atomic E-state index is 0.0488. The van der Waals surface area contributed by atoms with Crippen molar-refractivity contribution in [1.29, 1.82) is 0 Å². The molecule has 19 heavy (non-hydrogen) atoms. The lowest BCUT2D eigenvalue weighted by Crippen LogP contribution is -2.31. The molecule has 0 radical (unpaired) electrons. The maximum atomic E-state index is 10.8. The fourth-order valence-corrected chi connectivity index (χ4v) is 1.59. The molecule has 104 valence electrons. The molecular formula is C11H14N2O6. The van der Waals surface area contributed by atoms with Crippen LogP contribution in [0.5, 0.6) is 5.75 Å². The van der Waals surface area contributed by atoms with Crippen molar-refractivity contribution >= 4 is 11.7 Å². The van der Waals surface area contributed by atoms with Gasteiger partial charge in [-0.2, -0.15) is 0 Å². The summed E-state index contributed by atoms with van der Waals surface area (Å²) in [6.07, 6.45) is -1.75. The molecule has 0 heterocycles. The van der Waals surface area contributed by atoms with E-state index in [1.165, 1.54) is 19.2 Å². The van der Waals surface area contributed by atoms with Crippen LogP contribution in [0.3, 0.4) is 0 Å². The Labute approximate surface area is 108 Å². The number of nitrogens with zero attached hydrogens (tertiary/aromatic N) is 1. The Kier molecular flexibility index (Phi) is 4.79. The monoisotopic (exact) mass is 270 g/mol. The van der Waals surface area contributed by atoms with Gasteiger partial charge in [0.25, 0.3) is 0 Å². The number of rotatable bonds is 6. The summed E-state index contributed by atoms with van der Waals surface area (Å²) in [5.41, 5.74) is 5.36. The number of hydrogen-bond donors (Lipinski definition) is 3. The van der Waals surface area contributed by atoms with E-state index >= 15 is 0 Å². The van der Waals surface area contributed by atoms with Crippen LogP contribution in [0, 0.1) is 10.1 Å². The van der Waals surface area contributed by atoms with E-state index in [0.717, 1.165) is 6.07 Å². The SMILES string of the molecule is COc1ccc(C(O)C(N)CC(=O)O)cc1[N+](=O)[O-]. The van der Waals surface area contributed by atoms with Gasteiger partial charge in [-0.05, 0) is 11.6 Å². The number of ether oxygens (including phenoxy) is 1. The third kappa shape index (κ3) is 3.63. The zero-order chi connectivity index (χ0) is 14.6. The molecule has 0 saturated carbocycles. The second-order valence-electron chi connectivity index (χ2n) is 3.89. The van der Waals surface area contributed by atoms with E-state index < -0.39 is 29.5 Å². The van der Waals surface area contributed by atoms with Crippen LogP contribution in [0.4, 0.5) is 5.69 Å². The van der Waals surface area contributed by atoms with Gasteiger partial charge in [-0.1, -0.05) is 6.07 Å². The van der Waals surface area contributed by atoms with E-state index in [4.69, 9.17) is 15.6 Å². The third-order valence-electron chi connectivity index (χ3n) is 2.56. The van der Waals surface area contributed by atoms with Gasteiger partial charge in [0, 0.05) is 12.1 Å². The van der Waals surface area contributed by atoms with Crippen molar-refractivity contribution in [2.75, 3.05) is 7.11 Å². The number of carboxylic acid groups (broad SMARTS) is 1. The highest BCUT2D eigenvalue weighted by Gasteiger charge is 2.23. The number of carboxylic acids is 1. The number of benzene rings is 1. The molecule has 0 aliphatic carbocycles. The second-order valence-corrected chi connectivity index (χ2v) is 3.89. The summed E-state index contributed by atoms with van der Waals surface area (Å²) >= 11 is 0. The van der Waals surface area contributed by atoms with Gasteiger partial charge in [0.15, 0.2) is 5.75 Å². The van der Waals surface area contributed by atoms with Crippen LogP contribution in [0.2, 0.25) is 0 Å². The Bertz CT molecular complexity index is 490. The molecule has 2 unspecified atom stereocenters. The molecule has 1 aromatic carbocycles. The number of nitro groups is 1. The van der Waals surface area contributed by atoms with E-state index in [2.05, 4.69) is 0 Å². The van der Waals surface area contributed by atoms with E-state index in [9.17, 15) is 20.0 Å². The molecular weight excluding hydrogens is 256 g/mol. The smallest absolute Gasteiger partial charge is 0.311 e. The average molecular weight is 270 g/mol. The molecule has 0 spiro atoms. The summed E-state index contributed by atoms with van der Waals surface area (Å²) in [5, 5.41) is 29.3. The summed E-state index contributed by atoms with van der Waals surface area (Å²) in [6.45, 7) is 0. The van der Waals surface area contributed by atoms with Gasteiger partial charge >= 0.3 is 11.7 Å². The topological polar surface area (TPSA) is 136 Å². The second kappa shape index (κ2) is 6.12. The van der Waals surface area contributed by atoms with Gasteiger partial charge in [0.1, 0.15) is 0 Å². The van der Waals surface area contributed by atoms with Gasteiger partial charge in [0.2, 0.25) is 0 Å². The number of nitro benzene ring substituents is 1. The highest BCUT2D eigenvalue weighted by atomic mass is 16.6. The van der Waals surface area contributed by atoms with Gasteiger partial charge in [-0.3, -0.25) is 14.9 Å². The molecule has 0 aliphatic heterocycles. The largest absolute Gasteiger partial charge is 0.490 e. The van der Waals surface area contributed by atoms with Crippen LogP contribution in [0.25, 0.3) is 0 Å². The van der Waals surface area contributed by atoms with Gasteiger partial charge in [-0.25, -0.2) is 0 Å². The number of aliphatic hydroxyl groups excluding tert-OH is 1. The number of methoxy groups -OCH3 is 1. The van der Waals surface area contributed by atoms with Gasteiger partial charge in [-0.15, -0.1) is 0 Å². The summed E-state index contributed by atoms with van der Waals surface area (Å²) < 4.78 is 4.82. The molecule has 0 amide bonds. The molecule has 0 saturated heterocycles. The minimum atomic E-state index is -1.30. The minimum Gasteiger partial charge on any atom is -0.490 e. The van der Waals surface area contributed by atoms with Crippen LogP contribution in [-0.2, 0) is 4.79 Å². The molecule has 2 atom stereocenters. The lowest BCUT2D eigenvalue weighted by molar-refractivity contribution is -0.385. The zero-order valence-corrected chi connectivity index (χ0v) is 10.1. The Morgan fingerprint density at radius 1 is 1.58 bits per heavy atom. The first-order valence-electron chi connectivity index (χ1n) is 5.34.